The molecule has 0 saturated heterocycles. The Kier molecular flexibility index (Phi) is 1.89. The molecule has 0 bridgehead atoms. The van der Waals surface area contributed by atoms with Gasteiger partial charge in [-0.2, -0.15) is 0 Å². The molecule has 4 rings (SSSR count). The van der Waals surface area contributed by atoms with Crippen molar-refractivity contribution in [3.8, 4) is 0 Å². The molecular weight excluding hydrogens is 266 g/mol. The number of benzene rings is 2. The third-order valence-electron chi connectivity index (χ3n) is 3.42. The summed E-state index contributed by atoms with van der Waals surface area (Å²) in [4.78, 5) is 24.6. The standard InChI is InChI=1S/C14H6F2N2O2/c15-7-1-3-9-11(5-7)17-14(20)10-4-2-8(16)6-12(10)18(17)13(9)19/h1-6H. The average Bonchev–Trinajstić information content (AvgIpc) is 2.85. The molecule has 0 saturated carbocycles. The molecule has 4 aromatic rings. The van der Waals surface area contributed by atoms with Gasteiger partial charge in [0.15, 0.2) is 0 Å². The topological polar surface area (TPSA) is 43.0 Å². The fraction of sp³-hybridized carbons (Fsp3) is 0. The molecule has 0 aliphatic carbocycles. The van der Waals surface area contributed by atoms with Gasteiger partial charge < -0.3 is 0 Å². The van der Waals surface area contributed by atoms with Gasteiger partial charge >= 0.3 is 0 Å². The normalized spacial score (nSPS) is 11.9. The Bertz CT molecular complexity index is 1020. The van der Waals surface area contributed by atoms with Crippen molar-refractivity contribution >= 4 is 21.8 Å². The van der Waals surface area contributed by atoms with E-state index in [0.29, 0.717) is 0 Å². The summed E-state index contributed by atoms with van der Waals surface area (Å²) in [5.41, 5.74) is -0.594. The first-order valence-electron chi connectivity index (χ1n) is 5.86. The molecule has 4 nitrogen and oxygen atoms in total. The fourth-order valence-electron chi connectivity index (χ4n) is 2.57. The van der Waals surface area contributed by atoms with Gasteiger partial charge in [-0.1, -0.05) is 0 Å². The van der Waals surface area contributed by atoms with Gasteiger partial charge in [0.25, 0.3) is 11.1 Å². The Morgan fingerprint density at radius 2 is 1.10 bits per heavy atom. The molecule has 20 heavy (non-hydrogen) atoms. The van der Waals surface area contributed by atoms with Crippen molar-refractivity contribution in [3.05, 3.63) is 68.7 Å². The summed E-state index contributed by atoms with van der Waals surface area (Å²) in [7, 11) is 0. The third-order valence-corrected chi connectivity index (χ3v) is 3.42. The summed E-state index contributed by atoms with van der Waals surface area (Å²) in [5, 5.41) is 0.435. The molecule has 0 spiro atoms. The first kappa shape index (κ1) is 11.1. The maximum Gasteiger partial charge on any atom is 0.279 e. The van der Waals surface area contributed by atoms with Crippen LogP contribution in [0.1, 0.15) is 0 Å². The van der Waals surface area contributed by atoms with Crippen LogP contribution in [-0.4, -0.2) is 9.03 Å². The molecule has 98 valence electrons. The minimum Gasteiger partial charge on any atom is -0.267 e. The maximum absolute atomic E-state index is 13.3. The largest absolute Gasteiger partial charge is 0.279 e. The fourth-order valence-corrected chi connectivity index (χ4v) is 2.57. The molecule has 0 aliphatic heterocycles. The number of hydrogen-bond acceptors (Lipinski definition) is 2. The summed E-state index contributed by atoms with van der Waals surface area (Å²) in [5.74, 6) is -1.10. The molecule has 0 unspecified atom stereocenters. The smallest absolute Gasteiger partial charge is 0.267 e. The van der Waals surface area contributed by atoms with Crippen molar-refractivity contribution in [3.63, 3.8) is 0 Å². The second kappa shape index (κ2) is 3.41. The van der Waals surface area contributed by atoms with Gasteiger partial charge in [0, 0.05) is 12.1 Å². The number of rotatable bonds is 0. The van der Waals surface area contributed by atoms with Gasteiger partial charge in [-0.15, -0.1) is 0 Å². The number of aromatic nitrogens is 2. The van der Waals surface area contributed by atoms with E-state index in [1.807, 2.05) is 0 Å². The van der Waals surface area contributed by atoms with Crippen LogP contribution in [-0.2, 0) is 0 Å². The molecule has 6 heteroatoms. The zero-order valence-electron chi connectivity index (χ0n) is 9.93. The van der Waals surface area contributed by atoms with E-state index in [1.165, 1.54) is 12.1 Å². The second-order valence-corrected chi connectivity index (χ2v) is 4.56. The maximum atomic E-state index is 13.3. The lowest BCUT2D eigenvalue weighted by Crippen LogP contribution is -2.13. The Morgan fingerprint density at radius 1 is 0.700 bits per heavy atom. The van der Waals surface area contributed by atoms with Crippen LogP contribution in [0.5, 0.6) is 0 Å². The van der Waals surface area contributed by atoms with E-state index >= 15 is 0 Å². The number of halogens is 2. The third kappa shape index (κ3) is 1.18. The zero-order valence-corrected chi connectivity index (χ0v) is 9.93. The Balaban J connectivity index is 2.45. The highest BCUT2D eigenvalue weighted by molar-refractivity contribution is 5.85. The molecule has 0 radical (unpaired) electrons. The van der Waals surface area contributed by atoms with E-state index < -0.39 is 22.8 Å². The number of hydrogen-bond donors (Lipinski definition) is 0. The van der Waals surface area contributed by atoms with E-state index in [2.05, 4.69) is 0 Å². The minimum absolute atomic E-state index is 0.177. The van der Waals surface area contributed by atoms with Crippen LogP contribution in [0.2, 0.25) is 0 Å². The Hall–Kier alpha value is -2.76. The van der Waals surface area contributed by atoms with Gasteiger partial charge in [0.1, 0.15) is 11.6 Å². The number of fused-ring (bicyclic) bond motifs is 5. The van der Waals surface area contributed by atoms with E-state index in [9.17, 15) is 18.4 Å². The minimum atomic E-state index is -0.548. The van der Waals surface area contributed by atoms with Crippen LogP contribution < -0.4 is 11.1 Å². The van der Waals surface area contributed by atoms with Gasteiger partial charge in [-0.25, -0.2) is 17.8 Å². The average molecular weight is 272 g/mol. The van der Waals surface area contributed by atoms with Gasteiger partial charge in [0.05, 0.1) is 21.8 Å². The summed E-state index contributed by atoms with van der Waals surface area (Å²) >= 11 is 0. The Morgan fingerprint density at radius 3 is 1.50 bits per heavy atom. The van der Waals surface area contributed by atoms with Crippen LogP contribution in [0, 0.1) is 11.6 Å². The summed E-state index contributed by atoms with van der Waals surface area (Å²) < 4.78 is 28.8. The van der Waals surface area contributed by atoms with Crippen molar-refractivity contribution in [1.82, 2.24) is 9.03 Å². The van der Waals surface area contributed by atoms with Crippen LogP contribution in [0.4, 0.5) is 8.78 Å². The van der Waals surface area contributed by atoms with Crippen molar-refractivity contribution in [1.29, 1.82) is 0 Å². The van der Waals surface area contributed by atoms with Crippen LogP contribution >= 0.6 is 0 Å². The first-order valence-corrected chi connectivity index (χ1v) is 5.86. The highest BCUT2D eigenvalue weighted by Crippen LogP contribution is 2.17. The molecule has 2 aromatic carbocycles. The molecule has 0 fully saturated rings. The lowest BCUT2D eigenvalue weighted by Gasteiger charge is -1.90. The highest BCUT2D eigenvalue weighted by Gasteiger charge is 2.17. The van der Waals surface area contributed by atoms with Crippen LogP contribution in [0.15, 0.2) is 46.0 Å². The predicted molar refractivity (Wildman–Crippen MR) is 69.5 cm³/mol. The van der Waals surface area contributed by atoms with Crippen LogP contribution in [0.25, 0.3) is 21.8 Å². The molecule has 0 amide bonds. The zero-order chi connectivity index (χ0) is 14.0. The van der Waals surface area contributed by atoms with Crippen molar-refractivity contribution < 1.29 is 8.78 Å². The number of nitrogens with zero attached hydrogens (tertiary/aromatic N) is 2. The van der Waals surface area contributed by atoms with E-state index in [-0.39, 0.29) is 21.8 Å². The second-order valence-electron chi connectivity index (χ2n) is 4.56. The monoisotopic (exact) mass is 272 g/mol. The van der Waals surface area contributed by atoms with E-state index in [4.69, 9.17) is 0 Å². The summed E-state index contributed by atoms with van der Waals surface area (Å²) in [6.45, 7) is 0. The van der Waals surface area contributed by atoms with Crippen molar-refractivity contribution in [2.75, 3.05) is 0 Å². The molecule has 0 N–H and O–H groups in total. The van der Waals surface area contributed by atoms with Crippen molar-refractivity contribution in [2.24, 2.45) is 0 Å². The van der Waals surface area contributed by atoms with Gasteiger partial charge in [0.2, 0.25) is 0 Å². The van der Waals surface area contributed by atoms with Gasteiger partial charge in [-0.3, -0.25) is 9.59 Å². The molecule has 2 aromatic heterocycles. The van der Waals surface area contributed by atoms with Crippen molar-refractivity contribution in [2.45, 2.75) is 0 Å². The first-order chi connectivity index (χ1) is 9.58. The Labute approximate surface area is 109 Å². The predicted octanol–water partition coefficient (Wildman–Crippen LogP) is 1.78. The van der Waals surface area contributed by atoms with E-state index in [1.54, 1.807) is 0 Å². The molecular formula is C14H6F2N2O2. The quantitative estimate of drug-likeness (QED) is 0.489. The summed E-state index contributed by atoms with van der Waals surface area (Å²) in [6, 6.07) is 7.17. The SMILES string of the molecule is O=c1c2ccc(F)cc2n2c(=O)c3ccc(F)cc3n12. The van der Waals surface area contributed by atoms with E-state index in [0.717, 1.165) is 33.3 Å². The summed E-state index contributed by atoms with van der Waals surface area (Å²) in [6.07, 6.45) is 0. The highest BCUT2D eigenvalue weighted by atomic mass is 19.1. The molecule has 2 heterocycles. The lowest BCUT2D eigenvalue weighted by atomic mass is 10.2. The molecule has 0 atom stereocenters. The van der Waals surface area contributed by atoms with Crippen LogP contribution in [0.3, 0.4) is 0 Å². The molecule has 0 aliphatic rings. The van der Waals surface area contributed by atoms with Gasteiger partial charge in [-0.05, 0) is 24.3 Å². The lowest BCUT2D eigenvalue weighted by molar-refractivity contribution is 0.628.